The number of nitrogens with two attached hydrogens (primary N) is 1. The van der Waals surface area contributed by atoms with Crippen LogP contribution in [0.25, 0.3) is 11.0 Å². The molecular weight excluding hydrogens is 292 g/mol. The number of rotatable bonds is 1. The fraction of sp³-hybridized carbons (Fsp3) is 0.182. The minimum absolute atomic E-state index is 0.272. The zero-order valence-corrected chi connectivity index (χ0v) is 9.39. The monoisotopic (exact) mass is 297 g/mol. The summed E-state index contributed by atoms with van der Waals surface area (Å²) in [5.41, 5.74) is 1.35. The van der Waals surface area contributed by atoms with E-state index in [0.29, 0.717) is 12.1 Å². The van der Waals surface area contributed by atoms with Crippen LogP contribution in [-0.4, -0.2) is 5.91 Å². The van der Waals surface area contributed by atoms with Crippen LogP contribution >= 0.6 is 0 Å². The second-order valence-corrected chi connectivity index (χ2v) is 3.88. The number of fused-ring (bicyclic) bond motifs is 1. The predicted molar refractivity (Wildman–Crippen MR) is 54.7 cm³/mol. The zero-order valence-electron chi connectivity index (χ0n) is 9.39. The number of hydrogen-bond donors (Lipinski definition) is 1. The Bertz CT molecular complexity index is 683. The van der Waals surface area contributed by atoms with E-state index in [1.807, 2.05) is 0 Å². The molecule has 2 N–H and O–H groups in total. The molecule has 3 nitrogen and oxygen atoms in total. The Labute approximate surface area is 106 Å². The first kappa shape index (κ1) is 14.2. The van der Waals surface area contributed by atoms with Crippen molar-refractivity contribution in [2.24, 2.45) is 5.73 Å². The highest BCUT2D eigenvalue weighted by Crippen LogP contribution is 2.41. The molecule has 0 fully saturated rings. The van der Waals surface area contributed by atoms with Gasteiger partial charge >= 0.3 is 12.4 Å². The van der Waals surface area contributed by atoms with Gasteiger partial charge in [0.1, 0.15) is 11.1 Å². The van der Waals surface area contributed by atoms with Gasteiger partial charge in [-0.25, -0.2) is 0 Å². The van der Waals surface area contributed by atoms with Crippen LogP contribution in [0.1, 0.15) is 21.7 Å². The largest absolute Gasteiger partial charge is 0.450 e. The smallest absolute Gasteiger partial charge is 0.420 e. The second-order valence-electron chi connectivity index (χ2n) is 3.88. The highest BCUT2D eigenvalue weighted by molar-refractivity contribution is 5.98. The fourth-order valence-corrected chi connectivity index (χ4v) is 1.73. The summed E-state index contributed by atoms with van der Waals surface area (Å²) in [6.07, 6.45) is -9.89. The van der Waals surface area contributed by atoms with Crippen molar-refractivity contribution in [1.29, 1.82) is 0 Å². The van der Waals surface area contributed by atoms with Crippen molar-refractivity contribution in [2.45, 2.75) is 12.4 Å². The normalized spacial score (nSPS) is 12.9. The maximum atomic E-state index is 12.9. The molecule has 2 aromatic rings. The van der Waals surface area contributed by atoms with E-state index in [1.54, 1.807) is 0 Å². The van der Waals surface area contributed by atoms with Crippen molar-refractivity contribution in [2.75, 3.05) is 0 Å². The van der Waals surface area contributed by atoms with Crippen LogP contribution in [0.5, 0.6) is 0 Å². The van der Waals surface area contributed by atoms with Crippen molar-refractivity contribution < 1.29 is 35.6 Å². The van der Waals surface area contributed by atoms with Crippen molar-refractivity contribution in [3.8, 4) is 0 Å². The summed E-state index contributed by atoms with van der Waals surface area (Å²) in [5.74, 6) is -2.73. The molecule has 0 aliphatic heterocycles. The molecule has 0 bridgehead atoms. The van der Waals surface area contributed by atoms with Gasteiger partial charge in [0.25, 0.3) is 5.91 Å². The number of primary amides is 1. The minimum atomic E-state index is -5.07. The third kappa shape index (κ3) is 2.30. The van der Waals surface area contributed by atoms with Gasteiger partial charge in [0, 0.05) is 5.39 Å². The molecule has 108 valence electrons. The number of alkyl halides is 6. The quantitative estimate of drug-likeness (QED) is 0.818. The van der Waals surface area contributed by atoms with E-state index >= 15 is 0 Å². The summed E-state index contributed by atoms with van der Waals surface area (Å²) in [4.78, 5) is 10.9. The summed E-state index contributed by atoms with van der Waals surface area (Å²) in [7, 11) is 0. The van der Waals surface area contributed by atoms with Gasteiger partial charge < -0.3 is 10.2 Å². The summed E-state index contributed by atoms with van der Waals surface area (Å²) in [6.45, 7) is 0. The van der Waals surface area contributed by atoms with Gasteiger partial charge in [0.2, 0.25) is 5.76 Å². The van der Waals surface area contributed by atoms with Crippen molar-refractivity contribution in [3.63, 3.8) is 0 Å². The topological polar surface area (TPSA) is 56.2 Å². The second kappa shape index (κ2) is 4.15. The van der Waals surface area contributed by atoms with Gasteiger partial charge in [-0.3, -0.25) is 4.79 Å². The third-order valence-electron chi connectivity index (χ3n) is 2.52. The average Bonchev–Trinajstić information content (AvgIpc) is 2.65. The Hall–Kier alpha value is -2.19. The molecule has 1 amide bonds. The number of carbonyl (C=O) groups excluding carboxylic acids is 1. The molecule has 0 saturated heterocycles. The van der Waals surface area contributed by atoms with E-state index in [-0.39, 0.29) is 6.07 Å². The van der Waals surface area contributed by atoms with Gasteiger partial charge in [-0.15, -0.1) is 0 Å². The minimum Gasteiger partial charge on any atom is -0.450 e. The molecule has 0 radical (unpaired) electrons. The van der Waals surface area contributed by atoms with E-state index in [9.17, 15) is 31.1 Å². The summed E-state index contributed by atoms with van der Waals surface area (Å²) in [5, 5.41) is -0.860. The maximum absolute atomic E-state index is 12.9. The first-order valence-electron chi connectivity index (χ1n) is 5.02. The number of hydrogen-bond acceptors (Lipinski definition) is 2. The van der Waals surface area contributed by atoms with E-state index in [2.05, 4.69) is 4.42 Å². The molecule has 0 spiro atoms. The average molecular weight is 297 g/mol. The SMILES string of the molecule is NC(=O)c1oc2ccc(C(F)(F)F)cc2c1C(F)(F)F. The van der Waals surface area contributed by atoms with Gasteiger partial charge in [0.15, 0.2) is 0 Å². The molecule has 0 aliphatic carbocycles. The standard InChI is InChI=1S/C11H5F6NO2/c12-10(13,14)4-1-2-6-5(3-4)7(11(15,16)17)8(20-6)9(18)19/h1-3H,(H2,18,19). The molecule has 1 aromatic heterocycles. The number of carbonyl (C=O) groups is 1. The highest BCUT2D eigenvalue weighted by atomic mass is 19.4. The lowest BCUT2D eigenvalue weighted by atomic mass is 10.1. The summed E-state index contributed by atoms with van der Waals surface area (Å²) >= 11 is 0. The lowest BCUT2D eigenvalue weighted by Gasteiger charge is -2.08. The van der Waals surface area contributed by atoms with Crippen LogP contribution in [0.4, 0.5) is 26.3 Å². The summed E-state index contributed by atoms with van der Waals surface area (Å²) < 4.78 is 80.7. The van der Waals surface area contributed by atoms with Crippen LogP contribution in [0.3, 0.4) is 0 Å². The number of furan rings is 1. The van der Waals surface area contributed by atoms with Crippen LogP contribution in [-0.2, 0) is 12.4 Å². The third-order valence-corrected chi connectivity index (χ3v) is 2.52. The molecule has 1 aromatic carbocycles. The first-order chi connectivity index (χ1) is 9.01. The van der Waals surface area contributed by atoms with Gasteiger partial charge in [-0.2, -0.15) is 26.3 Å². The number of benzene rings is 1. The van der Waals surface area contributed by atoms with Crippen LogP contribution < -0.4 is 5.73 Å². The Morgan fingerprint density at radius 1 is 1.05 bits per heavy atom. The molecule has 0 saturated carbocycles. The Balaban J connectivity index is 2.83. The van der Waals surface area contributed by atoms with Crippen LogP contribution in [0.15, 0.2) is 22.6 Å². The Kier molecular flexibility index (Phi) is 2.95. The first-order valence-corrected chi connectivity index (χ1v) is 5.02. The van der Waals surface area contributed by atoms with E-state index in [1.165, 1.54) is 0 Å². The Morgan fingerprint density at radius 2 is 1.65 bits per heavy atom. The molecule has 0 aliphatic rings. The predicted octanol–water partition coefficient (Wildman–Crippen LogP) is 3.57. The molecule has 20 heavy (non-hydrogen) atoms. The van der Waals surface area contributed by atoms with E-state index < -0.39 is 46.1 Å². The Morgan fingerprint density at radius 3 is 2.10 bits per heavy atom. The van der Waals surface area contributed by atoms with Crippen LogP contribution in [0, 0.1) is 0 Å². The number of amides is 1. The molecule has 2 rings (SSSR count). The van der Waals surface area contributed by atoms with Crippen molar-refractivity contribution >= 4 is 16.9 Å². The van der Waals surface area contributed by atoms with Gasteiger partial charge in [-0.1, -0.05) is 0 Å². The lowest BCUT2D eigenvalue weighted by molar-refractivity contribution is -0.139. The molecule has 9 heteroatoms. The molecular formula is C11H5F6NO2. The highest BCUT2D eigenvalue weighted by Gasteiger charge is 2.41. The molecule has 0 unspecified atom stereocenters. The van der Waals surface area contributed by atoms with Crippen LogP contribution in [0.2, 0.25) is 0 Å². The number of halogens is 6. The maximum Gasteiger partial charge on any atom is 0.420 e. The lowest BCUT2D eigenvalue weighted by Crippen LogP contribution is -2.17. The van der Waals surface area contributed by atoms with E-state index in [4.69, 9.17) is 5.73 Å². The fourth-order valence-electron chi connectivity index (χ4n) is 1.73. The molecule has 0 atom stereocenters. The van der Waals surface area contributed by atoms with Crippen molar-refractivity contribution in [3.05, 3.63) is 35.1 Å². The zero-order chi connectivity index (χ0) is 15.3. The molecule has 1 heterocycles. The van der Waals surface area contributed by atoms with Gasteiger partial charge in [0.05, 0.1) is 5.56 Å². The van der Waals surface area contributed by atoms with Gasteiger partial charge in [-0.05, 0) is 18.2 Å². The van der Waals surface area contributed by atoms with Crippen molar-refractivity contribution in [1.82, 2.24) is 0 Å². The summed E-state index contributed by atoms with van der Waals surface area (Å²) in [6, 6.07) is 1.53. The van der Waals surface area contributed by atoms with E-state index in [0.717, 1.165) is 0 Å².